The summed E-state index contributed by atoms with van der Waals surface area (Å²) < 4.78 is 0. The summed E-state index contributed by atoms with van der Waals surface area (Å²) in [5.74, 6) is 0.502. The largest absolute Gasteiger partial charge is 0.344 e. The van der Waals surface area contributed by atoms with Gasteiger partial charge in [-0.05, 0) is 51.1 Å². The summed E-state index contributed by atoms with van der Waals surface area (Å²) in [4.78, 5) is 34.1. The van der Waals surface area contributed by atoms with Crippen LogP contribution in [0, 0.1) is 6.92 Å². The SMILES string of the molecule is CCN(C)C(=O)[C@@H](C)NC(=O)Nc1ccc(-c2nccc(C)n2)cc1. The van der Waals surface area contributed by atoms with Crippen LogP contribution in [0.4, 0.5) is 10.5 Å². The van der Waals surface area contributed by atoms with E-state index in [-0.39, 0.29) is 5.91 Å². The van der Waals surface area contributed by atoms with Gasteiger partial charge in [0, 0.05) is 36.7 Å². The zero-order valence-corrected chi connectivity index (χ0v) is 14.9. The molecular formula is C18H23N5O2. The predicted octanol–water partition coefficient (Wildman–Crippen LogP) is 2.44. The molecule has 0 aliphatic carbocycles. The number of amides is 3. The number of rotatable bonds is 5. The lowest BCUT2D eigenvalue weighted by Crippen LogP contribution is -2.46. The Balaban J connectivity index is 1.97. The standard InChI is InChI=1S/C18H23N5O2/c1-5-23(4)17(24)13(3)21-18(25)22-15-8-6-14(7-9-15)16-19-11-10-12(2)20-16/h6-11,13H,5H2,1-4H3,(H2,21,22,25)/t13-/m1/s1. The van der Waals surface area contributed by atoms with Crippen LogP contribution in [0.15, 0.2) is 36.5 Å². The van der Waals surface area contributed by atoms with E-state index in [9.17, 15) is 9.59 Å². The Hall–Kier alpha value is -2.96. The number of benzene rings is 1. The van der Waals surface area contributed by atoms with Crippen LogP contribution >= 0.6 is 0 Å². The molecule has 0 fully saturated rings. The van der Waals surface area contributed by atoms with Crippen molar-refractivity contribution in [3.63, 3.8) is 0 Å². The fourth-order valence-electron chi connectivity index (χ4n) is 2.20. The molecule has 0 bridgehead atoms. The number of carbonyl (C=O) groups excluding carboxylic acids is 2. The summed E-state index contributed by atoms with van der Waals surface area (Å²) in [6.45, 7) is 6.04. The Bertz CT molecular complexity index is 745. The Morgan fingerprint density at radius 2 is 1.88 bits per heavy atom. The maximum atomic E-state index is 12.0. The smallest absolute Gasteiger partial charge is 0.319 e. The normalized spacial score (nSPS) is 11.5. The maximum Gasteiger partial charge on any atom is 0.319 e. The minimum atomic E-state index is -0.593. The second kappa shape index (κ2) is 8.23. The highest BCUT2D eigenvalue weighted by molar-refractivity contribution is 5.93. The highest BCUT2D eigenvalue weighted by Gasteiger charge is 2.18. The van der Waals surface area contributed by atoms with Crippen LogP contribution < -0.4 is 10.6 Å². The molecule has 3 amide bonds. The van der Waals surface area contributed by atoms with E-state index in [1.54, 1.807) is 37.2 Å². The van der Waals surface area contributed by atoms with Crippen molar-refractivity contribution in [2.45, 2.75) is 26.8 Å². The fraction of sp³-hybridized carbons (Fsp3) is 0.333. The number of urea groups is 1. The number of carbonyl (C=O) groups is 2. The van der Waals surface area contributed by atoms with E-state index >= 15 is 0 Å². The van der Waals surface area contributed by atoms with E-state index in [2.05, 4.69) is 20.6 Å². The van der Waals surface area contributed by atoms with Gasteiger partial charge in [0.05, 0.1) is 0 Å². The topological polar surface area (TPSA) is 87.2 Å². The van der Waals surface area contributed by atoms with Crippen molar-refractivity contribution in [1.29, 1.82) is 0 Å². The number of nitrogens with one attached hydrogen (secondary N) is 2. The van der Waals surface area contributed by atoms with E-state index in [0.717, 1.165) is 11.3 Å². The van der Waals surface area contributed by atoms with Crippen molar-refractivity contribution >= 4 is 17.6 Å². The molecule has 2 N–H and O–H groups in total. The molecule has 7 nitrogen and oxygen atoms in total. The number of hydrogen-bond acceptors (Lipinski definition) is 4. The molecule has 25 heavy (non-hydrogen) atoms. The first-order valence-electron chi connectivity index (χ1n) is 8.13. The average Bonchev–Trinajstić information content (AvgIpc) is 2.60. The van der Waals surface area contributed by atoms with Crippen molar-refractivity contribution in [2.24, 2.45) is 0 Å². The second-order valence-corrected chi connectivity index (χ2v) is 5.77. The number of likely N-dealkylation sites (N-methyl/N-ethyl adjacent to an activating group) is 1. The Labute approximate surface area is 147 Å². The molecule has 0 saturated carbocycles. The van der Waals surface area contributed by atoms with Gasteiger partial charge in [0.15, 0.2) is 5.82 Å². The Morgan fingerprint density at radius 1 is 1.20 bits per heavy atom. The number of aromatic nitrogens is 2. The highest BCUT2D eigenvalue weighted by Crippen LogP contribution is 2.17. The van der Waals surface area contributed by atoms with Crippen molar-refractivity contribution < 1.29 is 9.59 Å². The average molecular weight is 341 g/mol. The van der Waals surface area contributed by atoms with Gasteiger partial charge in [-0.1, -0.05) is 0 Å². The molecule has 1 heterocycles. The van der Waals surface area contributed by atoms with E-state index in [0.29, 0.717) is 18.1 Å². The van der Waals surface area contributed by atoms with Gasteiger partial charge in [0.1, 0.15) is 6.04 Å². The summed E-state index contributed by atoms with van der Waals surface area (Å²) in [6.07, 6.45) is 1.71. The Kier molecular flexibility index (Phi) is 6.05. The number of anilines is 1. The molecule has 0 radical (unpaired) electrons. The molecule has 1 aromatic carbocycles. The summed E-state index contributed by atoms with van der Waals surface area (Å²) in [5.41, 5.74) is 2.38. The molecule has 2 rings (SSSR count). The first kappa shape index (κ1) is 18.4. The Morgan fingerprint density at radius 3 is 2.48 bits per heavy atom. The lowest BCUT2D eigenvalue weighted by molar-refractivity contribution is -0.131. The third-order valence-corrected chi connectivity index (χ3v) is 3.76. The van der Waals surface area contributed by atoms with Crippen LogP contribution in [-0.4, -0.2) is 46.4 Å². The molecule has 0 unspecified atom stereocenters. The molecular weight excluding hydrogens is 318 g/mol. The highest BCUT2D eigenvalue weighted by atomic mass is 16.2. The first-order chi connectivity index (χ1) is 11.9. The van der Waals surface area contributed by atoms with Crippen LogP contribution in [0.2, 0.25) is 0 Å². The second-order valence-electron chi connectivity index (χ2n) is 5.77. The summed E-state index contributed by atoms with van der Waals surface area (Å²) >= 11 is 0. The zero-order valence-electron chi connectivity index (χ0n) is 14.9. The zero-order chi connectivity index (χ0) is 18.4. The van der Waals surface area contributed by atoms with Crippen LogP contribution in [0.3, 0.4) is 0 Å². The third kappa shape index (κ3) is 5.00. The van der Waals surface area contributed by atoms with Crippen LogP contribution in [-0.2, 0) is 4.79 Å². The number of aryl methyl sites for hydroxylation is 1. The van der Waals surface area contributed by atoms with Gasteiger partial charge in [0.2, 0.25) is 5.91 Å². The lowest BCUT2D eigenvalue weighted by Gasteiger charge is -2.20. The van der Waals surface area contributed by atoms with Gasteiger partial charge < -0.3 is 15.5 Å². The van der Waals surface area contributed by atoms with Gasteiger partial charge in [0.25, 0.3) is 0 Å². The van der Waals surface area contributed by atoms with Gasteiger partial charge >= 0.3 is 6.03 Å². The molecule has 2 aromatic rings. The fourth-order valence-corrected chi connectivity index (χ4v) is 2.20. The quantitative estimate of drug-likeness (QED) is 0.874. The van der Waals surface area contributed by atoms with E-state index in [4.69, 9.17) is 0 Å². The van der Waals surface area contributed by atoms with E-state index in [1.807, 2.05) is 32.0 Å². The van der Waals surface area contributed by atoms with Crippen LogP contribution in [0.25, 0.3) is 11.4 Å². The minimum absolute atomic E-state index is 0.135. The summed E-state index contributed by atoms with van der Waals surface area (Å²) in [5, 5.41) is 5.34. The predicted molar refractivity (Wildman–Crippen MR) is 97.1 cm³/mol. The van der Waals surface area contributed by atoms with Crippen LogP contribution in [0.5, 0.6) is 0 Å². The van der Waals surface area contributed by atoms with Crippen molar-refractivity contribution in [3.05, 3.63) is 42.2 Å². The van der Waals surface area contributed by atoms with Gasteiger partial charge in [-0.25, -0.2) is 14.8 Å². The van der Waals surface area contributed by atoms with Crippen molar-refractivity contribution in [2.75, 3.05) is 18.9 Å². The molecule has 0 aliphatic heterocycles. The van der Waals surface area contributed by atoms with Crippen LogP contribution in [0.1, 0.15) is 19.5 Å². The molecule has 0 saturated heterocycles. The monoisotopic (exact) mass is 341 g/mol. The molecule has 1 atom stereocenters. The molecule has 1 aromatic heterocycles. The first-order valence-corrected chi connectivity index (χ1v) is 8.13. The summed E-state index contributed by atoms with van der Waals surface area (Å²) in [7, 11) is 1.70. The lowest BCUT2D eigenvalue weighted by atomic mass is 10.2. The van der Waals surface area contributed by atoms with Gasteiger partial charge in [-0.15, -0.1) is 0 Å². The van der Waals surface area contributed by atoms with Crippen molar-refractivity contribution in [3.8, 4) is 11.4 Å². The summed E-state index contributed by atoms with van der Waals surface area (Å²) in [6, 6.07) is 8.03. The molecule has 0 spiro atoms. The van der Waals surface area contributed by atoms with Gasteiger partial charge in [-0.2, -0.15) is 0 Å². The van der Waals surface area contributed by atoms with Gasteiger partial charge in [-0.3, -0.25) is 4.79 Å². The molecule has 0 aliphatic rings. The third-order valence-electron chi connectivity index (χ3n) is 3.76. The van der Waals surface area contributed by atoms with E-state index in [1.165, 1.54) is 0 Å². The molecule has 132 valence electrons. The molecule has 7 heteroatoms. The minimum Gasteiger partial charge on any atom is -0.344 e. The number of hydrogen-bond donors (Lipinski definition) is 2. The number of nitrogens with zero attached hydrogens (tertiary/aromatic N) is 3. The van der Waals surface area contributed by atoms with Crippen molar-refractivity contribution in [1.82, 2.24) is 20.2 Å². The maximum absolute atomic E-state index is 12.0. The van der Waals surface area contributed by atoms with E-state index < -0.39 is 12.1 Å².